The van der Waals surface area contributed by atoms with Crippen molar-refractivity contribution in [1.82, 2.24) is 0 Å². The van der Waals surface area contributed by atoms with E-state index < -0.39 is 0 Å². The quantitative estimate of drug-likeness (QED) is 0.772. The number of esters is 1. The molecule has 1 aromatic carbocycles. The summed E-state index contributed by atoms with van der Waals surface area (Å²) in [6.45, 7) is 1.83. The minimum absolute atomic E-state index is 0.212. The molecule has 0 unspecified atom stereocenters. The van der Waals surface area contributed by atoms with E-state index >= 15 is 0 Å². The SMILES string of the molecule is COC(=O)CC=Cc1cccc(C)c1O. The second-order valence-electron chi connectivity index (χ2n) is 3.20. The average Bonchev–Trinajstić information content (AvgIpc) is 2.24. The van der Waals surface area contributed by atoms with E-state index in [0.29, 0.717) is 5.56 Å². The number of phenols is 1. The van der Waals surface area contributed by atoms with Gasteiger partial charge in [-0.15, -0.1) is 0 Å². The molecule has 1 rings (SSSR count). The zero-order chi connectivity index (χ0) is 11.3. The Hall–Kier alpha value is -1.77. The molecule has 0 saturated heterocycles. The fourth-order valence-corrected chi connectivity index (χ4v) is 1.18. The Bertz CT molecular complexity index is 380. The summed E-state index contributed by atoms with van der Waals surface area (Å²) in [6.07, 6.45) is 3.59. The average molecular weight is 206 g/mol. The van der Waals surface area contributed by atoms with Gasteiger partial charge in [0.25, 0.3) is 0 Å². The third-order valence-electron chi connectivity index (χ3n) is 2.08. The Kier molecular flexibility index (Phi) is 3.92. The molecule has 0 aliphatic carbocycles. The highest BCUT2D eigenvalue weighted by Gasteiger charge is 2.00. The van der Waals surface area contributed by atoms with Gasteiger partial charge in [-0.1, -0.05) is 30.4 Å². The number of methoxy groups -OCH3 is 1. The van der Waals surface area contributed by atoms with Crippen molar-refractivity contribution in [1.29, 1.82) is 0 Å². The molecule has 0 aliphatic heterocycles. The van der Waals surface area contributed by atoms with Crippen LogP contribution in [0.5, 0.6) is 5.75 Å². The third-order valence-corrected chi connectivity index (χ3v) is 2.08. The van der Waals surface area contributed by atoms with E-state index in [2.05, 4.69) is 4.74 Å². The van der Waals surface area contributed by atoms with Crippen molar-refractivity contribution in [3.63, 3.8) is 0 Å². The first-order valence-corrected chi connectivity index (χ1v) is 4.67. The highest BCUT2D eigenvalue weighted by atomic mass is 16.5. The van der Waals surface area contributed by atoms with Crippen molar-refractivity contribution in [2.75, 3.05) is 7.11 Å². The summed E-state index contributed by atoms with van der Waals surface area (Å²) < 4.78 is 4.49. The van der Waals surface area contributed by atoms with Crippen LogP contribution in [0.3, 0.4) is 0 Å². The Balaban J connectivity index is 2.72. The lowest BCUT2D eigenvalue weighted by atomic mass is 10.1. The molecule has 3 heteroatoms. The van der Waals surface area contributed by atoms with Crippen molar-refractivity contribution in [3.8, 4) is 5.75 Å². The van der Waals surface area contributed by atoms with Crippen LogP contribution in [0, 0.1) is 6.92 Å². The van der Waals surface area contributed by atoms with E-state index in [4.69, 9.17) is 0 Å². The lowest BCUT2D eigenvalue weighted by Gasteiger charge is -2.01. The van der Waals surface area contributed by atoms with E-state index in [9.17, 15) is 9.90 Å². The van der Waals surface area contributed by atoms with Gasteiger partial charge in [-0.05, 0) is 12.5 Å². The van der Waals surface area contributed by atoms with Crippen LogP contribution in [0.2, 0.25) is 0 Å². The number of carbonyl (C=O) groups is 1. The molecule has 3 nitrogen and oxygen atoms in total. The molecule has 1 N–H and O–H groups in total. The number of phenolic OH excluding ortho intramolecular Hbond substituents is 1. The summed E-state index contributed by atoms with van der Waals surface area (Å²) in [7, 11) is 1.35. The normalized spacial score (nSPS) is 10.5. The predicted octanol–water partition coefficient (Wildman–Crippen LogP) is 2.28. The minimum atomic E-state index is -0.293. The maximum atomic E-state index is 10.8. The van der Waals surface area contributed by atoms with Gasteiger partial charge in [-0.25, -0.2) is 0 Å². The second-order valence-corrected chi connectivity index (χ2v) is 3.20. The maximum Gasteiger partial charge on any atom is 0.309 e. The van der Waals surface area contributed by atoms with Crippen LogP contribution in [0.15, 0.2) is 24.3 Å². The first-order chi connectivity index (χ1) is 7.15. The molecular weight excluding hydrogens is 192 g/mol. The highest BCUT2D eigenvalue weighted by molar-refractivity contribution is 5.73. The molecule has 0 fully saturated rings. The van der Waals surface area contributed by atoms with Gasteiger partial charge in [-0.3, -0.25) is 4.79 Å². The van der Waals surface area contributed by atoms with Crippen molar-refractivity contribution in [2.24, 2.45) is 0 Å². The Morgan fingerprint density at radius 1 is 1.53 bits per heavy atom. The minimum Gasteiger partial charge on any atom is -0.507 e. The summed E-state index contributed by atoms with van der Waals surface area (Å²) in [4.78, 5) is 10.8. The van der Waals surface area contributed by atoms with Gasteiger partial charge in [0.1, 0.15) is 5.75 Å². The molecule has 0 aliphatic rings. The van der Waals surface area contributed by atoms with Crippen LogP contribution in [0.4, 0.5) is 0 Å². The predicted molar refractivity (Wildman–Crippen MR) is 58.5 cm³/mol. The summed E-state index contributed by atoms with van der Waals surface area (Å²) in [5.41, 5.74) is 1.52. The molecule has 1 aromatic rings. The Labute approximate surface area is 89.0 Å². The molecular formula is C12H14O3. The van der Waals surface area contributed by atoms with Gasteiger partial charge >= 0.3 is 5.97 Å². The van der Waals surface area contributed by atoms with Crippen molar-refractivity contribution in [2.45, 2.75) is 13.3 Å². The van der Waals surface area contributed by atoms with Crippen LogP contribution in [0.1, 0.15) is 17.5 Å². The van der Waals surface area contributed by atoms with Gasteiger partial charge in [0, 0.05) is 5.56 Å². The van der Waals surface area contributed by atoms with Crippen LogP contribution < -0.4 is 0 Å². The number of para-hydroxylation sites is 1. The van der Waals surface area contributed by atoms with Crippen molar-refractivity contribution < 1.29 is 14.6 Å². The number of aromatic hydroxyl groups is 1. The summed E-state index contributed by atoms with van der Waals surface area (Å²) in [5, 5.41) is 9.65. The Morgan fingerprint density at radius 2 is 2.27 bits per heavy atom. The maximum absolute atomic E-state index is 10.8. The second kappa shape index (κ2) is 5.20. The topological polar surface area (TPSA) is 46.5 Å². The molecule has 15 heavy (non-hydrogen) atoms. The summed E-state index contributed by atoms with van der Waals surface area (Å²) in [6, 6.07) is 5.47. The monoisotopic (exact) mass is 206 g/mol. The van der Waals surface area contributed by atoms with Gasteiger partial charge in [0.05, 0.1) is 13.5 Å². The van der Waals surface area contributed by atoms with Gasteiger partial charge < -0.3 is 9.84 Å². The molecule has 0 saturated carbocycles. The number of carbonyl (C=O) groups excluding carboxylic acids is 1. The van der Waals surface area contributed by atoms with Gasteiger partial charge in [0.2, 0.25) is 0 Å². The fourth-order valence-electron chi connectivity index (χ4n) is 1.18. The van der Waals surface area contributed by atoms with Crippen LogP contribution in [-0.4, -0.2) is 18.2 Å². The Morgan fingerprint density at radius 3 is 2.93 bits per heavy atom. The van der Waals surface area contributed by atoms with Crippen molar-refractivity contribution in [3.05, 3.63) is 35.4 Å². The molecule has 80 valence electrons. The molecule has 0 aromatic heterocycles. The van der Waals surface area contributed by atoms with Gasteiger partial charge in [-0.2, -0.15) is 0 Å². The van der Waals surface area contributed by atoms with Gasteiger partial charge in [0.15, 0.2) is 0 Å². The van der Waals surface area contributed by atoms with E-state index in [1.807, 2.05) is 19.1 Å². The fraction of sp³-hybridized carbons (Fsp3) is 0.250. The third kappa shape index (κ3) is 3.13. The zero-order valence-corrected chi connectivity index (χ0v) is 8.86. The van der Waals surface area contributed by atoms with Crippen LogP contribution >= 0.6 is 0 Å². The number of hydrogen-bond donors (Lipinski definition) is 1. The zero-order valence-electron chi connectivity index (χ0n) is 8.86. The highest BCUT2D eigenvalue weighted by Crippen LogP contribution is 2.22. The lowest BCUT2D eigenvalue weighted by Crippen LogP contribution is -1.96. The standard InChI is InChI=1S/C12H14O3/c1-9-5-3-6-10(12(9)14)7-4-8-11(13)15-2/h3-7,14H,8H2,1-2H3. The largest absolute Gasteiger partial charge is 0.507 e. The molecule has 0 radical (unpaired) electrons. The number of hydrogen-bond acceptors (Lipinski definition) is 3. The molecule has 0 amide bonds. The summed E-state index contributed by atoms with van der Waals surface area (Å²) >= 11 is 0. The number of benzene rings is 1. The molecule has 0 spiro atoms. The molecule has 0 bridgehead atoms. The van der Waals surface area contributed by atoms with Crippen LogP contribution in [0.25, 0.3) is 6.08 Å². The molecule has 0 heterocycles. The summed E-state index contributed by atoms with van der Waals surface area (Å²) in [5.74, 6) is -0.0444. The van der Waals surface area contributed by atoms with E-state index in [1.54, 1.807) is 18.2 Å². The molecule has 0 atom stereocenters. The first-order valence-electron chi connectivity index (χ1n) is 4.67. The van der Waals surface area contributed by atoms with E-state index in [0.717, 1.165) is 5.56 Å². The first kappa shape index (κ1) is 11.3. The van der Waals surface area contributed by atoms with E-state index in [-0.39, 0.29) is 18.1 Å². The van der Waals surface area contributed by atoms with E-state index in [1.165, 1.54) is 7.11 Å². The lowest BCUT2D eigenvalue weighted by molar-refractivity contribution is -0.139. The smallest absolute Gasteiger partial charge is 0.309 e. The number of rotatable bonds is 3. The van der Waals surface area contributed by atoms with Crippen molar-refractivity contribution >= 4 is 12.0 Å². The van der Waals surface area contributed by atoms with Crippen LogP contribution in [-0.2, 0) is 9.53 Å². The number of aryl methyl sites for hydroxylation is 1. The number of ether oxygens (including phenoxy) is 1.